The Morgan fingerprint density at radius 2 is 1.74 bits per heavy atom. The van der Waals surface area contributed by atoms with Crippen LogP contribution >= 0.6 is 27.5 Å². The van der Waals surface area contributed by atoms with Crippen molar-refractivity contribution >= 4 is 27.5 Å². The summed E-state index contributed by atoms with van der Waals surface area (Å²) in [5.41, 5.74) is 2.39. The lowest BCUT2D eigenvalue weighted by Gasteiger charge is -2.21. The molecule has 0 aliphatic rings. The van der Waals surface area contributed by atoms with E-state index in [-0.39, 0.29) is 12.1 Å². The van der Waals surface area contributed by atoms with Gasteiger partial charge in [-0.2, -0.15) is 0 Å². The summed E-state index contributed by atoms with van der Waals surface area (Å²) in [6.45, 7) is 4.30. The molecule has 0 radical (unpaired) electrons. The van der Waals surface area contributed by atoms with E-state index in [4.69, 9.17) is 11.6 Å². The first-order chi connectivity index (χ1) is 9.08. The lowest BCUT2D eigenvalue weighted by Crippen LogP contribution is -2.22. The topological polar surface area (TPSA) is 12.0 Å². The third-order valence-electron chi connectivity index (χ3n) is 3.22. The quantitative estimate of drug-likeness (QED) is 0.774. The Hall–Kier alpha value is -0.830. The molecule has 1 unspecified atom stereocenters. The number of hydrogen-bond acceptors (Lipinski definition) is 1. The zero-order chi connectivity index (χ0) is 13.8. The Bertz CT molecular complexity index is 556. The number of hydrogen-bond donors (Lipinski definition) is 1. The highest BCUT2D eigenvalue weighted by Crippen LogP contribution is 2.25. The molecular weight excluding hydrogens is 322 g/mol. The van der Waals surface area contributed by atoms with E-state index in [1.807, 2.05) is 24.3 Å². The highest BCUT2D eigenvalue weighted by Gasteiger charge is 2.13. The average molecular weight is 339 g/mol. The van der Waals surface area contributed by atoms with Crippen molar-refractivity contribution in [2.24, 2.45) is 0 Å². The standard InChI is InChI=1S/C16H17BrClN/c1-11(13-6-5-7-14(17)10-13)19-12(2)15-8-3-4-9-16(15)18/h3-12,19H,1-2H3/t11?,12-/m0/s1. The molecule has 0 amide bonds. The Labute approximate surface area is 128 Å². The zero-order valence-electron chi connectivity index (χ0n) is 11.0. The van der Waals surface area contributed by atoms with Gasteiger partial charge in [0.1, 0.15) is 0 Å². The molecule has 1 nitrogen and oxygen atoms in total. The minimum atomic E-state index is 0.211. The van der Waals surface area contributed by atoms with Gasteiger partial charge in [0.15, 0.2) is 0 Å². The molecule has 2 aromatic rings. The number of benzene rings is 2. The molecule has 2 atom stereocenters. The summed E-state index contributed by atoms with van der Waals surface area (Å²) in [6.07, 6.45) is 0. The van der Waals surface area contributed by atoms with Crippen LogP contribution in [0.2, 0.25) is 5.02 Å². The molecule has 0 saturated heterocycles. The van der Waals surface area contributed by atoms with Crippen LogP contribution in [0, 0.1) is 0 Å². The molecule has 3 heteroatoms. The summed E-state index contributed by atoms with van der Waals surface area (Å²) < 4.78 is 1.10. The van der Waals surface area contributed by atoms with Crippen molar-refractivity contribution in [1.82, 2.24) is 5.32 Å². The van der Waals surface area contributed by atoms with Crippen LogP contribution < -0.4 is 5.32 Å². The van der Waals surface area contributed by atoms with E-state index in [1.54, 1.807) is 0 Å². The van der Waals surface area contributed by atoms with Gasteiger partial charge in [0.25, 0.3) is 0 Å². The van der Waals surface area contributed by atoms with Gasteiger partial charge >= 0.3 is 0 Å². The lowest BCUT2D eigenvalue weighted by molar-refractivity contribution is 0.494. The molecule has 1 N–H and O–H groups in total. The second-order valence-corrected chi connectivity index (χ2v) is 6.01. The van der Waals surface area contributed by atoms with Crippen molar-refractivity contribution in [2.75, 3.05) is 0 Å². The minimum Gasteiger partial charge on any atom is -0.304 e. The Kier molecular flexibility index (Phi) is 5.03. The fraction of sp³-hybridized carbons (Fsp3) is 0.250. The fourth-order valence-corrected chi connectivity index (χ4v) is 2.88. The van der Waals surface area contributed by atoms with E-state index < -0.39 is 0 Å². The first kappa shape index (κ1) is 14.6. The maximum atomic E-state index is 6.23. The molecule has 0 heterocycles. The first-order valence-electron chi connectivity index (χ1n) is 6.34. The van der Waals surface area contributed by atoms with Crippen molar-refractivity contribution in [1.29, 1.82) is 0 Å². The van der Waals surface area contributed by atoms with E-state index in [2.05, 4.69) is 59.4 Å². The molecular formula is C16H17BrClN. The molecule has 0 spiro atoms. The zero-order valence-corrected chi connectivity index (χ0v) is 13.4. The monoisotopic (exact) mass is 337 g/mol. The van der Waals surface area contributed by atoms with Gasteiger partial charge in [-0.25, -0.2) is 0 Å². The number of halogens is 2. The van der Waals surface area contributed by atoms with Gasteiger partial charge in [-0.05, 0) is 43.2 Å². The van der Waals surface area contributed by atoms with Crippen LogP contribution in [0.3, 0.4) is 0 Å². The molecule has 100 valence electrons. The average Bonchev–Trinajstić information content (AvgIpc) is 2.39. The lowest BCUT2D eigenvalue weighted by atomic mass is 10.0. The molecule has 0 fully saturated rings. The van der Waals surface area contributed by atoms with Gasteiger partial charge < -0.3 is 5.32 Å². The molecule has 0 aliphatic carbocycles. The summed E-state index contributed by atoms with van der Waals surface area (Å²) in [4.78, 5) is 0. The molecule has 19 heavy (non-hydrogen) atoms. The predicted molar refractivity (Wildman–Crippen MR) is 85.6 cm³/mol. The second kappa shape index (κ2) is 6.56. The summed E-state index contributed by atoms with van der Waals surface area (Å²) in [5.74, 6) is 0. The highest BCUT2D eigenvalue weighted by molar-refractivity contribution is 9.10. The molecule has 2 aromatic carbocycles. The van der Waals surface area contributed by atoms with E-state index in [0.717, 1.165) is 15.1 Å². The van der Waals surface area contributed by atoms with Crippen molar-refractivity contribution in [2.45, 2.75) is 25.9 Å². The van der Waals surface area contributed by atoms with Crippen molar-refractivity contribution in [3.63, 3.8) is 0 Å². The van der Waals surface area contributed by atoms with Crippen LogP contribution in [-0.4, -0.2) is 0 Å². The van der Waals surface area contributed by atoms with Gasteiger partial charge in [0.2, 0.25) is 0 Å². The van der Waals surface area contributed by atoms with Gasteiger partial charge in [-0.1, -0.05) is 57.9 Å². The molecule has 0 aromatic heterocycles. The van der Waals surface area contributed by atoms with Crippen molar-refractivity contribution in [3.05, 3.63) is 69.2 Å². The van der Waals surface area contributed by atoms with Crippen LogP contribution in [0.1, 0.15) is 37.1 Å². The maximum Gasteiger partial charge on any atom is 0.0453 e. The summed E-state index contributed by atoms with van der Waals surface area (Å²) in [5, 5.41) is 4.38. The van der Waals surface area contributed by atoms with Crippen molar-refractivity contribution in [3.8, 4) is 0 Å². The fourth-order valence-electron chi connectivity index (χ4n) is 2.16. The Balaban J connectivity index is 2.11. The van der Waals surface area contributed by atoms with Crippen LogP contribution in [0.4, 0.5) is 0 Å². The van der Waals surface area contributed by atoms with Gasteiger partial charge in [-0.3, -0.25) is 0 Å². The van der Waals surface area contributed by atoms with Gasteiger partial charge in [0, 0.05) is 21.6 Å². The largest absolute Gasteiger partial charge is 0.304 e. The van der Waals surface area contributed by atoms with E-state index in [9.17, 15) is 0 Å². The van der Waals surface area contributed by atoms with Gasteiger partial charge in [-0.15, -0.1) is 0 Å². The van der Waals surface area contributed by atoms with Crippen LogP contribution in [0.5, 0.6) is 0 Å². The Morgan fingerprint density at radius 1 is 1.00 bits per heavy atom. The van der Waals surface area contributed by atoms with Crippen molar-refractivity contribution < 1.29 is 0 Å². The smallest absolute Gasteiger partial charge is 0.0453 e. The molecule has 0 bridgehead atoms. The first-order valence-corrected chi connectivity index (χ1v) is 7.51. The summed E-state index contributed by atoms with van der Waals surface area (Å²) in [6, 6.07) is 16.8. The normalized spacial score (nSPS) is 14.1. The van der Waals surface area contributed by atoms with E-state index >= 15 is 0 Å². The molecule has 2 rings (SSSR count). The van der Waals surface area contributed by atoms with Crippen LogP contribution in [0.25, 0.3) is 0 Å². The molecule has 0 aliphatic heterocycles. The maximum absolute atomic E-state index is 6.23. The summed E-state index contributed by atoms with van der Waals surface area (Å²) >= 11 is 9.73. The summed E-state index contributed by atoms with van der Waals surface area (Å²) in [7, 11) is 0. The Morgan fingerprint density at radius 3 is 2.42 bits per heavy atom. The highest BCUT2D eigenvalue weighted by atomic mass is 79.9. The third kappa shape index (κ3) is 3.82. The predicted octanol–water partition coefficient (Wildman–Crippen LogP) is 5.51. The second-order valence-electron chi connectivity index (χ2n) is 4.69. The SMILES string of the molecule is CC(N[C@@H](C)c1ccccc1Cl)c1cccc(Br)c1. The number of rotatable bonds is 4. The van der Waals surface area contributed by atoms with Crippen LogP contribution in [0.15, 0.2) is 53.0 Å². The number of nitrogens with one attached hydrogen (secondary N) is 1. The van der Waals surface area contributed by atoms with E-state index in [1.165, 1.54) is 5.56 Å². The molecule has 0 saturated carbocycles. The minimum absolute atomic E-state index is 0.211. The third-order valence-corrected chi connectivity index (χ3v) is 4.06. The van der Waals surface area contributed by atoms with Gasteiger partial charge in [0.05, 0.1) is 0 Å². The van der Waals surface area contributed by atoms with Crippen LogP contribution in [-0.2, 0) is 0 Å². The van der Waals surface area contributed by atoms with E-state index in [0.29, 0.717) is 0 Å².